The standard InChI is InChI=1S/C22H44N4O4.HI/c1-17(2)19(25-21(27)30-22(3,4)5)11-13-26(7)20(23-6)24-12-9-14-28-16-18-10-8-15-29-18;/h17-19H,8-16H2,1-7H3,(H,23,24)(H,25,27);1H. The van der Waals surface area contributed by atoms with Gasteiger partial charge in [0.05, 0.1) is 12.7 Å². The van der Waals surface area contributed by atoms with Crippen LogP contribution in [0.25, 0.3) is 0 Å². The number of carbonyl (C=O) groups excluding carboxylic acids is 1. The highest BCUT2D eigenvalue weighted by Gasteiger charge is 2.22. The largest absolute Gasteiger partial charge is 0.444 e. The molecule has 0 radical (unpaired) electrons. The van der Waals surface area contributed by atoms with Crippen LogP contribution in [-0.4, -0.2) is 81.7 Å². The Kier molecular flexibility index (Phi) is 15.5. The molecule has 2 atom stereocenters. The van der Waals surface area contributed by atoms with Crippen molar-refractivity contribution in [2.24, 2.45) is 10.9 Å². The second-order valence-corrected chi connectivity index (χ2v) is 9.24. The third kappa shape index (κ3) is 14.1. The highest BCUT2D eigenvalue weighted by atomic mass is 127. The lowest BCUT2D eigenvalue weighted by atomic mass is 10.0. The first-order valence-corrected chi connectivity index (χ1v) is 11.2. The second-order valence-electron chi connectivity index (χ2n) is 9.24. The SMILES string of the molecule is CN=C(NCCCOCC1CCCO1)N(C)CCC(NC(=O)OC(C)(C)C)C(C)C.I. The Morgan fingerprint density at radius 3 is 2.58 bits per heavy atom. The molecule has 1 rings (SSSR count). The van der Waals surface area contributed by atoms with Gasteiger partial charge in [-0.05, 0) is 52.4 Å². The second kappa shape index (κ2) is 15.9. The number of guanidine groups is 1. The van der Waals surface area contributed by atoms with Gasteiger partial charge in [0.1, 0.15) is 5.60 Å². The third-order valence-corrected chi connectivity index (χ3v) is 4.93. The summed E-state index contributed by atoms with van der Waals surface area (Å²) < 4.78 is 16.6. The van der Waals surface area contributed by atoms with Crippen LogP contribution in [0.5, 0.6) is 0 Å². The minimum atomic E-state index is -0.498. The molecule has 0 spiro atoms. The highest BCUT2D eigenvalue weighted by molar-refractivity contribution is 14.0. The minimum Gasteiger partial charge on any atom is -0.444 e. The van der Waals surface area contributed by atoms with E-state index in [4.69, 9.17) is 14.2 Å². The van der Waals surface area contributed by atoms with Gasteiger partial charge in [0.2, 0.25) is 0 Å². The molecule has 0 aliphatic carbocycles. The van der Waals surface area contributed by atoms with Gasteiger partial charge in [0.25, 0.3) is 0 Å². The van der Waals surface area contributed by atoms with Crippen molar-refractivity contribution >= 4 is 36.0 Å². The predicted octanol–water partition coefficient (Wildman–Crippen LogP) is 3.64. The van der Waals surface area contributed by atoms with E-state index in [1.165, 1.54) is 0 Å². The van der Waals surface area contributed by atoms with E-state index in [0.29, 0.717) is 19.1 Å². The summed E-state index contributed by atoms with van der Waals surface area (Å²) >= 11 is 0. The van der Waals surface area contributed by atoms with E-state index in [9.17, 15) is 4.79 Å². The lowest BCUT2D eigenvalue weighted by Crippen LogP contribution is -2.45. The number of rotatable bonds is 11. The molecule has 1 aliphatic rings. The lowest BCUT2D eigenvalue weighted by molar-refractivity contribution is 0.0168. The Morgan fingerprint density at radius 1 is 1.32 bits per heavy atom. The number of hydrogen-bond donors (Lipinski definition) is 2. The lowest BCUT2D eigenvalue weighted by Gasteiger charge is -2.28. The maximum absolute atomic E-state index is 12.1. The van der Waals surface area contributed by atoms with E-state index in [0.717, 1.165) is 51.3 Å². The zero-order valence-electron chi connectivity index (χ0n) is 20.5. The molecule has 1 amide bonds. The molecule has 0 aromatic rings. The summed E-state index contributed by atoms with van der Waals surface area (Å²) in [5.41, 5.74) is -0.498. The summed E-state index contributed by atoms with van der Waals surface area (Å²) in [7, 11) is 3.79. The molecule has 0 saturated carbocycles. The Bertz CT molecular complexity index is 520. The number of nitrogens with zero attached hydrogens (tertiary/aromatic N) is 2. The Morgan fingerprint density at radius 2 is 2.03 bits per heavy atom. The maximum Gasteiger partial charge on any atom is 0.407 e. The Labute approximate surface area is 206 Å². The molecule has 2 N–H and O–H groups in total. The summed E-state index contributed by atoms with van der Waals surface area (Å²) in [6.07, 6.45) is 3.88. The van der Waals surface area contributed by atoms with Gasteiger partial charge < -0.3 is 29.7 Å². The summed E-state index contributed by atoms with van der Waals surface area (Å²) in [4.78, 5) is 18.6. The van der Waals surface area contributed by atoms with Crippen molar-refractivity contribution in [2.75, 3.05) is 47.0 Å². The number of alkyl carbamates (subject to hydrolysis) is 1. The molecule has 1 aliphatic heterocycles. The molecule has 1 fully saturated rings. The van der Waals surface area contributed by atoms with E-state index < -0.39 is 5.60 Å². The van der Waals surface area contributed by atoms with Crippen LogP contribution in [0.15, 0.2) is 4.99 Å². The van der Waals surface area contributed by atoms with Gasteiger partial charge in [0.15, 0.2) is 5.96 Å². The number of ether oxygens (including phenoxy) is 3. The average Bonchev–Trinajstić information content (AvgIpc) is 3.16. The van der Waals surface area contributed by atoms with Crippen LogP contribution in [0.4, 0.5) is 4.79 Å². The molecule has 0 aromatic heterocycles. The molecule has 8 nitrogen and oxygen atoms in total. The molecule has 9 heteroatoms. The van der Waals surface area contributed by atoms with Gasteiger partial charge in [-0.15, -0.1) is 24.0 Å². The normalized spacial score (nSPS) is 17.8. The fraction of sp³-hybridized carbons (Fsp3) is 0.909. The molecule has 1 saturated heterocycles. The minimum absolute atomic E-state index is 0. The van der Waals surface area contributed by atoms with E-state index in [2.05, 4.69) is 34.4 Å². The molecule has 2 unspecified atom stereocenters. The Hall–Kier alpha value is -0.810. The smallest absolute Gasteiger partial charge is 0.407 e. The van der Waals surface area contributed by atoms with Crippen molar-refractivity contribution in [1.29, 1.82) is 0 Å². The van der Waals surface area contributed by atoms with Gasteiger partial charge in [0, 0.05) is 46.4 Å². The van der Waals surface area contributed by atoms with Gasteiger partial charge in [-0.3, -0.25) is 4.99 Å². The molecular formula is C22H45IN4O4. The zero-order valence-corrected chi connectivity index (χ0v) is 22.9. The van der Waals surface area contributed by atoms with Crippen LogP contribution in [0.3, 0.4) is 0 Å². The first-order chi connectivity index (χ1) is 14.1. The predicted molar refractivity (Wildman–Crippen MR) is 136 cm³/mol. The van der Waals surface area contributed by atoms with Crippen LogP contribution in [0.2, 0.25) is 0 Å². The van der Waals surface area contributed by atoms with Crippen LogP contribution in [0, 0.1) is 5.92 Å². The first-order valence-electron chi connectivity index (χ1n) is 11.2. The van der Waals surface area contributed by atoms with Gasteiger partial charge >= 0.3 is 6.09 Å². The maximum atomic E-state index is 12.1. The summed E-state index contributed by atoms with van der Waals surface area (Å²) in [6.45, 7) is 13.6. The first kappa shape index (κ1) is 30.2. The van der Waals surface area contributed by atoms with Crippen molar-refractivity contribution < 1.29 is 19.0 Å². The fourth-order valence-electron chi connectivity index (χ4n) is 3.22. The average molecular weight is 557 g/mol. The fourth-order valence-corrected chi connectivity index (χ4v) is 3.22. The van der Waals surface area contributed by atoms with Crippen molar-refractivity contribution in [3.8, 4) is 0 Å². The highest BCUT2D eigenvalue weighted by Crippen LogP contribution is 2.12. The van der Waals surface area contributed by atoms with E-state index in [-0.39, 0.29) is 42.2 Å². The number of halogens is 1. The number of hydrogen-bond acceptors (Lipinski definition) is 5. The van der Waals surface area contributed by atoms with Gasteiger partial charge in [-0.25, -0.2) is 4.79 Å². The van der Waals surface area contributed by atoms with Crippen molar-refractivity contribution in [3.63, 3.8) is 0 Å². The van der Waals surface area contributed by atoms with Crippen LogP contribution >= 0.6 is 24.0 Å². The van der Waals surface area contributed by atoms with Crippen LogP contribution < -0.4 is 10.6 Å². The molecule has 0 aromatic carbocycles. The molecule has 1 heterocycles. The van der Waals surface area contributed by atoms with Gasteiger partial charge in [-0.2, -0.15) is 0 Å². The van der Waals surface area contributed by atoms with E-state index in [1.807, 2.05) is 27.8 Å². The van der Waals surface area contributed by atoms with E-state index in [1.54, 1.807) is 7.05 Å². The number of nitrogens with one attached hydrogen (secondary N) is 2. The number of carbonyl (C=O) groups is 1. The summed E-state index contributed by atoms with van der Waals surface area (Å²) in [5, 5.41) is 6.37. The monoisotopic (exact) mass is 556 g/mol. The zero-order chi connectivity index (χ0) is 22.6. The van der Waals surface area contributed by atoms with Crippen molar-refractivity contribution in [3.05, 3.63) is 0 Å². The number of amides is 1. The summed E-state index contributed by atoms with van der Waals surface area (Å²) in [6, 6.07) is 0.0339. The molecular weight excluding hydrogens is 511 g/mol. The molecule has 31 heavy (non-hydrogen) atoms. The van der Waals surface area contributed by atoms with Crippen molar-refractivity contribution in [1.82, 2.24) is 15.5 Å². The molecule has 184 valence electrons. The van der Waals surface area contributed by atoms with Gasteiger partial charge in [-0.1, -0.05) is 13.8 Å². The van der Waals surface area contributed by atoms with Crippen LogP contribution in [0.1, 0.15) is 60.3 Å². The number of aliphatic imine (C=N–C) groups is 1. The van der Waals surface area contributed by atoms with Crippen LogP contribution in [-0.2, 0) is 14.2 Å². The van der Waals surface area contributed by atoms with Crippen molar-refractivity contribution in [2.45, 2.75) is 78.0 Å². The Balaban J connectivity index is 0.00000900. The van der Waals surface area contributed by atoms with E-state index >= 15 is 0 Å². The quantitative estimate of drug-likeness (QED) is 0.175. The topological polar surface area (TPSA) is 84.4 Å². The third-order valence-electron chi connectivity index (χ3n) is 4.93. The summed E-state index contributed by atoms with van der Waals surface area (Å²) in [5.74, 6) is 1.15. The molecule has 0 bridgehead atoms.